The average Bonchev–Trinajstić information content (AvgIpc) is 2.60. The number of esters is 1. The number of aromatic nitrogens is 1. The molecule has 1 saturated heterocycles. The van der Waals surface area contributed by atoms with E-state index in [1.54, 1.807) is 13.3 Å². The number of fused-ring (bicyclic) bond motifs is 1. The van der Waals surface area contributed by atoms with E-state index in [1.807, 2.05) is 24.4 Å². The van der Waals surface area contributed by atoms with Gasteiger partial charge in [0.1, 0.15) is 5.75 Å². The van der Waals surface area contributed by atoms with Crippen molar-refractivity contribution >= 4 is 22.4 Å². The van der Waals surface area contributed by atoms with E-state index in [4.69, 9.17) is 9.47 Å². The standard InChI is InChI=1S/C17H20N2O3/c1-21-15-4-3-12-5-8-18-11-14(12)16(15)19-9-6-13(7-10-19)17(20)22-2/h3-5,8,11,13H,6-7,9-10H2,1-2H3. The molecule has 0 N–H and O–H groups in total. The number of anilines is 1. The van der Waals surface area contributed by atoms with Crippen LogP contribution in [-0.4, -0.2) is 38.3 Å². The zero-order valence-electron chi connectivity index (χ0n) is 12.9. The second kappa shape index (κ2) is 6.22. The van der Waals surface area contributed by atoms with Crippen molar-refractivity contribution in [1.29, 1.82) is 0 Å². The van der Waals surface area contributed by atoms with Gasteiger partial charge < -0.3 is 14.4 Å². The number of hydrogen-bond acceptors (Lipinski definition) is 5. The van der Waals surface area contributed by atoms with Crippen LogP contribution in [0.15, 0.2) is 30.6 Å². The van der Waals surface area contributed by atoms with Crippen LogP contribution in [0.2, 0.25) is 0 Å². The summed E-state index contributed by atoms with van der Waals surface area (Å²) in [5, 5.41) is 2.22. The van der Waals surface area contributed by atoms with Gasteiger partial charge in [0, 0.05) is 30.9 Å². The van der Waals surface area contributed by atoms with Crippen molar-refractivity contribution in [1.82, 2.24) is 4.98 Å². The zero-order valence-corrected chi connectivity index (χ0v) is 12.9. The highest BCUT2D eigenvalue weighted by molar-refractivity contribution is 5.97. The molecule has 0 atom stereocenters. The molecule has 1 aromatic heterocycles. The molecule has 0 spiro atoms. The summed E-state index contributed by atoms with van der Waals surface area (Å²) < 4.78 is 10.4. The maximum atomic E-state index is 11.7. The lowest BCUT2D eigenvalue weighted by Crippen LogP contribution is -2.37. The van der Waals surface area contributed by atoms with Crippen LogP contribution in [0.5, 0.6) is 5.75 Å². The van der Waals surface area contributed by atoms with Gasteiger partial charge in [-0.1, -0.05) is 6.07 Å². The molecule has 1 aliphatic heterocycles. The number of ether oxygens (including phenoxy) is 2. The highest BCUT2D eigenvalue weighted by Crippen LogP contribution is 2.37. The van der Waals surface area contributed by atoms with Gasteiger partial charge in [0.2, 0.25) is 0 Å². The quantitative estimate of drug-likeness (QED) is 0.816. The van der Waals surface area contributed by atoms with Crippen molar-refractivity contribution in [2.24, 2.45) is 5.92 Å². The van der Waals surface area contributed by atoms with E-state index in [0.29, 0.717) is 0 Å². The highest BCUT2D eigenvalue weighted by atomic mass is 16.5. The molecule has 22 heavy (non-hydrogen) atoms. The summed E-state index contributed by atoms with van der Waals surface area (Å²) in [6.45, 7) is 1.62. The van der Waals surface area contributed by atoms with Gasteiger partial charge in [0.15, 0.2) is 0 Å². The maximum absolute atomic E-state index is 11.7. The number of carbonyl (C=O) groups is 1. The number of carbonyl (C=O) groups excluding carboxylic acids is 1. The zero-order chi connectivity index (χ0) is 15.5. The van der Waals surface area contributed by atoms with E-state index in [1.165, 1.54) is 7.11 Å². The third-order valence-corrected chi connectivity index (χ3v) is 4.32. The lowest BCUT2D eigenvalue weighted by atomic mass is 9.96. The molecule has 0 bridgehead atoms. The van der Waals surface area contributed by atoms with Crippen molar-refractivity contribution in [3.8, 4) is 5.75 Å². The first kappa shape index (κ1) is 14.6. The number of piperidine rings is 1. The fourth-order valence-corrected chi connectivity index (χ4v) is 3.12. The van der Waals surface area contributed by atoms with E-state index in [2.05, 4.69) is 9.88 Å². The van der Waals surface area contributed by atoms with Crippen LogP contribution >= 0.6 is 0 Å². The fraction of sp³-hybridized carbons (Fsp3) is 0.412. The largest absolute Gasteiger partial charge is 0.495 e. The van der Waals surface area contributed by atoms with Crippen LogP contribution in [-0.2, 0) is 9.53 Å². The minimum atomic E-state index is -0.105. The second-order valence-corrected chi connectivity index (χ2v) is 5.50. The summed E-state index contributed by atoms with van der Waals surface area (Å²) in [5.41, 5.74) is 1.07. The molecule has 1 aromatic carbocycles. The summed E-state index contributed by atoms with van der Waals surface area (Å²) in [4.78, 5) is 18.2. The van der Waals surface area contributed by atoms with Gasteiger partial charge in [-0.15, -0.1) is 0 Å². The summed E-state index contributed by atoms with van der Waals surface area (Å²) in [6, 6.07) is 6.03. The number of benzene rings is 1. The molecule has 5 heteroatoms. The van der Waals surface area contributed by atoms with Crippen LogP contribution in [0, 0.1) is 5.92 Å². The maximum Gasteiger partial charge on any atom is 0.308 e. The molecule has 2 aromatic rings. The predicted octanol–water partition coefficient (Wildman–Crippen LogP) is 2.63. The first-order valence-corrected chi connectivity index (χ1v) is 7.48. The molecular weight excluding hydrogens is 280 g/mol. The Bertz CT molecular complexity index is 679. The van der Waals surface area contributed by atoms with Crippen molar-refractivity contribution < 1.29 is 14.3 Å². The van der Waals surface area contributed by atoms with Gasteiger partial charge in [0.25, 0.3) is 0 Å². The Morgan fingerprint density at radius 2 is 2.00 bits per heavy atom. The molecular formula is C17H20N2O3. The minimum absolute atomic E-state index is 0.000321. The molecule has 0 radical (unpaired) electrons. The van der Waals surface area contributed by atoms with Crippen LogP contribution in [0.25, 0.3) is 10.8 Å². The van der Waals surface area contributed by atoms with Gasteiger partial charge in [-0.2, -0.15) is 0 Å². The van der Waals surface area contributed by atoms with Crippen LogP contribution < -0.4 is 9.64 Å². The van der Waals surface area contributed by atoms with Gasteiger partial charge in [-0.3, -0.25) is 9.78 Å². The van der Waals surface area contributed by atoms with E-state index < -0.39 is 0 Å². The Labute approximate surface area is 129 Å². The van der Waals surface area contributed by atoms with Crippen LogP contribution in [0.3, 0.4) is 0 Å². The third kappa shape index (κ3) is 2.58. The van der Waals surface area contributed by atoms with Crippen molar-refractivity contribution in [3.63, 3.8) is 0 Å². The molecule has 3 rings (SSSR count). The van der Waals surface area contributed by atoms with Gasteiger partial charge >= 0.3 is 5.97 Å². The molecule has 2 heterocycles. The lowest BCUT2D eigenvalue weighted by molar-refractivity contribution is -0.146. The molecule has 116 valence electrons. The van der Waals surface area contributed by atoms with Gasteiger partial charge in [0.05, 0.1) is 25.8 Å². The van der Waals surface area contributed by atoms with Crippen molar-refractivity contribution in [2.75, 3.05) is 32.2 Å². The summed E-state index contributed by atoms with van der Waals surface area (Å²) in [6.07, 6.45) is 5.26. The Balaban J connectivity index is 1.92. The molecule has 0 amide bonds. The summed E-state index contributed by atoms with van der Waals surface area (Å²) >= 11 is 0. The molecule has 1 fully saturated rings. The van der Waals surface area contributed by atoms with Crippen LogP contribution in [0.1, 0.15) is 12.8 Å². The Morgan fingerprint density at radius 1 is 1.23 bits per heavy atom. The average molecular weight is 300 g/mol. The summed E-state index contributed by atoms with van der Waals surface area (Å²) in [7, 11) is 3.14. The van der Waals surface area contributed by atoms with E-state index in [-0.39, 0.29) is 11.9 Å². The first-order chi connectivity index (χ1) is 10.7. The Kier molecular flexibility index (Phi) is 4.13. The Hall–Kier alpha value is -2.30. The lowest BCUT2D eigenvalue weighted by Gasteiger charge is -2.34. The monoisotopic (exact) mass is 300 g/mol. The number of hydrogen-bond donors (Lipinski definition) is 0. The fourth-order valence-electron chi connectivity index (χ4n) is 3.12. The van der Waals surface area contributed by atoms with Gasteiger partial charge in [-0.05, 0) is 30.4 Å². The molecule has 0 saturated carbocycles. The molecule has 0 aliphatic carbocycles. The molecule has 5 nitrogen and oxygen atoms in total. The number of nitrogens with zero attached hydrogens (tertiary/aromatic N) is 2. The number of pyridine rings is 1. The SMILES string of the molecule is COC(=O)C1CCN(c2c(OC)ccc3ccncc23)CC1. The second-order valence-electron chi connectivity index (χ2n) is 5.50. The van der Waals surface area contributed by atoms with Gasteiger partial charge in [-0.25, -0.2) is 0 Å². The van der Waals surface area contributed by atoms with Crippen molar-refractivity contribution in [3.05, 3.63) is 30.6 Å². The smallest absolute Gasteiger partial charge is 0.308 e. The van der Waals surface area contributed by atoms with Crippen LogP contribution in [0.4, 0.5) is 5.69 Å². The highest BCUT2D eigenvalue weighted by Gasteiger charge is 2.27. The topological polar surface area (TPSA) is 51.7 Å². The number of methoxy groups -OCH3 is 2. The van der Waals surface area contributed by atoms with Crippen molar-refractivity contribution in [2.45, 2.75) is 12.8 Å². The molecule has 1 aliphatic rings. The summed E-state index contributed by atoms with van der Waals surface area (Å²) in [5.74, 6) is 0.739. The van der Waals surface area contributed by atoms with E-state index in [0.717, 1.165) is 48.1 Å². The molecule has 0 unspecified atom stereocenters. The van der Waals surface area contributed by atoms with E-state index >= 15 is 0 Å². The Morgan fingerprint density at radius 3 is 2.68 bits per heavy atom. The first-order valence-electron chi connectivity index (χ1n) is 7.48. The number of rotatable bonds is 3. The normalized spacial score (nSPS) is 15.8. The predicted molar refractivity (Wildman–Crippen MR) is 85.2 cm³/mol. The minimum Gasteiger partial charge on any atom is -0.495 e. The third-order valence-electron chi connectivity index (χ3n) is 4.32. The van der Waals surface area contributed by atoms with E-state index in [9.17, 15) is 4.79 Å².